The molecular weight excluding hydrogens is 1310 g/mol. The Morgan fingerprint density at radius 2 is 0.776 bits per heavy atom. The number of aryl methyl sites for hydroxylation is 2. The van der Waals surface area contributed by atoms with E-state index in [0.717, 1.165) is 122 Å². The molecule has 0 N–H and O–H groups in total. The van der Waals surface area contributed by atoms with Crippen LogP contribution in [0, 0.1) is 11.8 Å². The van der Waals surface area contributed by atoms with Crippen LogP contribution in [-0.4, -0.2) is 49.4 Å². The lowest BCUT2D eigenvalue weighted by Gasteiger charge is -2.29. The van der Waals surface area contributed by atoms with Crippen LogP contribution in [0.4, 0.5) is 0 Å². The number of thiophene rings is 4. The third kappa shape index (κ3) is 21.8. The fourth-order valence-corrected chi connectivity index (χ4v) is 21.3. The number of nitrogens with zero attached hydrogens (tertiary/aromatic N) is 4. The molecule has 2 atom stereocenters. The number of amides is 2. The van der Waals surface area contributed by atoms with Crippen LogP contribution in [0.1, 0.15) is 326 Å². The number of aromatic nitrogens is 2. The van der Waals surface area contributed by atoms with Crippen LogP contribution in [0.3, 0.4) is 0 Å². The second-order valence-electron chi connectivity index (χ2n) is 30.3. The molecule has 0 radical (unpaired) electrons. The monoisotopic (exact) mass is 1440 g/mol. The zero-order valence-corrected chi connectivity index (χ0v) is 67.8. The summed E-state index contributed by atoms with van der Waals surface area (Å²) in [5.74, 6) is 0.693. The molecule has 8 rings (SSSR count). The molecule has 0 fully saturated rings. The first-order chi connectivity index (χ1) is 47.4. The number of benzene rings is 1. The van der Waals surface area contributed by atoms with E-state index in [1.165, 1.54) is 189 Å². The minimum Gasteiger partial charge on any atom is -0.306 e. The number of fused-ring (bicyclic) bond motifs is 2. The predicted molar refractivity (Wildman–Crippen MR) is 437 cm³/mol. The number of unbranched alkanes of at least 4 members (excludes halogenated alkanes) is 22. The average molecular weight is 1440 g/mol. The van der Waals surface area contributed by atoms with E-state index in [1.54, 1.807) is 22.7 Å². The van der Waals surface area contributed by atoms with Crippen LogP contribution in [0.5, 0.6) is 0 Å². The Balaban J connectivity index is 1.25. The highest BCUT2D eigenvalue weighted by Gasteiger charge is 2.50. The summed E-state index contributed by atoms with van der Waals surface area (Å²) in [5, 5.41) is 0. The fraction of sp³-hybridized carbons (Fsp3) is 0.605. The van der Waals surface area contributed by atoms with Crippen molar-refractivity contribution in [3.8, 4) is 19.5 Å². The van der Waals surface area contributed by atoms with Crippen LogP contribution in [-0.2, 0) is 27.8 Å². The summed E-state index contributed by atoms with van der Waals surface area (Å²) >= 11 is 10.9. The van der Waals surface area contributed by atoms with Crippen molar-refractivity contribution >= 4 is 115 Å². The van der Waals surface area contributed by atoms with Crippen molar-refractivity contribution in [3.05, 3.63) is 110 Å². The van der Waals surface area contributed by atoms with E-state index in [9.17, 15) is 0 Å². The maximum atomic E-state index is 16.4. The van der Waals surface area contributed by atoms with Gasteiger partial charge in [-0.1, -0.05) is 287 Å². The van der Waals surface area contributed by atoms with Crippen molar-refractivity contribution in [2.75, 3.05) is 13.1 Å². The topological polar surface area (TPSA) is 66.4 Å². The molecule has 536 valence electrons. The van der Waals surface area contributed by atoms with Gasteiger partial charge in [-0.3, -0.25) is 9.59 Å². The summed E-state index contributed by atoms with van der Waals surface area (Å²) in [4.78, 5) is 58.7. The van der Waals surface area contributed by atoms with Gasteiger partial charge in [0.2, 0.25) is 0 Å². The van der Waals surface area contributed by atoms with E-state index in [0.29, 0.717) is 36.1 Å². The fourth-order valence-electron chi connectivity index (χ4n) is 14.3. The molecule has 0 saturated carbocycles. The second kappa shape index (κ2) is 40.1. The van der Waals surface area contributed by atoms with Crippen LogP contribution in [0.2, 0.25) is 0 Å². The third-order valence-corrected chi connectivity index (χ3v) is 27.6. The van der Waals surface area contributed by atoms with Gasteiger partial charge in [-0.2, -0.15) is 0 Å². The molecule has 7 heterocycles. The van der Waals surface area contributed by atoms with Gasteiger partial charge in [0.25, 0.3) is 11.8 Å². The molecule has 0 aliphatic carbocycles. The SMILES string of the molecule is C=Cc1c(Sc2ccc(-c3ccc(C4=C5C(=O)N(CC(CCCCCC)CCCCCCCC)C(c6ccc(-c7ccc(C(C)(C)C)s7)s6)=C5C(=O)N4CC(CCCCCC)CCCCCCCC)s3)s2)c(SC(C)(C)C)c(C=C)c2nc(CCCCCC)c(CCCCCC)nc12. The van der Waals surface area contributed by atoms with Gasteiger partial charge in [0.1, 0.15) is 0 Å². The molecule has 98 heavy (non-hydrogen) atoms. The first-order valence-electron chi connectivity index (χ1n) is 39.0. The standard InChI is InChI=1S/C86H124N4O2S6/c1-15-23-29-35-37-41-47-61(45-39-31-25-17-3)59-89-79(71-53-51-67(93-71)69-55-57-73(95-69)85(9,10)11)75-76(84(89)92)80(90(83(75)91)60-62(46-40-32-26-18-4)48-42-38-36-30-24-16-2)72-54-52-68(94-72)70-56-58-74(96-70)97-81-63(21-7)77-78(64(22-8)82(81)98-86(12,13)14)88-66(50-44-34-28-20-6)65(87-77)49-43-33-27-19-5/h21-22,51-58,61-62H,7-8,15-20,23-50,59-60H2,1-6,9-14H3. The van der Waals surface area contributed by atoms with Gasteiger partial charge in [0, 0.05) is 63.1 Å². The quantitative estimate of drug-likeness (QED) is 0.0280. The van der Waals surface area contributed by atoms with E-state index < -0.39 is 0 Å². The van der Waals surface area contributed by atoms with Gasteiger partial charge < -0.3 is 9.80 Å². The van der Waals surface area contributed by atoms with Crippen molar-refractivity contribution in [1.82, 2.24) is 19.8 Å². The van der Waals surface area contributed by atoms with Crippen LogP contribution in [0.25, 0.3) is 54.1 Å². The molecule has 0 spiro atoms. The summed E-state index contributed by atoms with van der Waals surface area (Å²) < 4.78 is 1.08. The van der Waals surface area contributed by atoms with Crippen molar-refractivity contribution in [3.63, 3.8) is 0 Å². The molecule has 0 bridgehead atoms. The number of thioether (sulfide) groups is 1. The molecule has 2 unspecified atom stereocenters. The lowest BCUT2D eigenvalue weighted by atomic mass is 9.93. The lowest BCUT2D eigenvalue weighted by Crippen LogP contribution is -2.34. The molecular formula is C86H124N4O2S6. The minimum absolute atomic E-state index is 0.0105. The van der Waals surface area contributed by atoms with E-state index in [-0.39, 0.29) is 22.0 Å². The molecule has 1 aromatic carbocycles. The predicted octanol–water partition coefficient (Wildman–Crippen LogP) is 28.6. The highest BCUT2D eigenvalue weighted by molar-refractivity contribution is 8.04. The first-order valence-corrected chi connectivity index (χ1v) is 43.9. The number of carbonyl (C=O) groups is 2. The second-order valence-corrected chi connectivity index (χ2v) is 37.8. The van der Waals surface area contributed by atoms with Gasteiger partial charge in [-0.15, -0.1) is 57.1 Å². The molecule has 0 saturated heterocycles. The minimum atomic E-state index is -0.0956. The smallest absolute Gasteiger partial charge is 0.261 e. The van der Waals surface area contributed by atoms with Crippen molar-refractivity contribution in [2.24, 2.45) is 11.8 Å². The molecule has 2 aliphatic rings. The number of carbonyl (C=O) groups excluding carboxylic acids is 2. The zero-order valence-electron chi connectivity index (χ0n) is 62.9. The highest BCUT2D eigenvalue weighted by Crippen LogP contribution is 2.54. The van der Waals surface area contributed by atoms with E-state index in [1.807, 2.05) is 58.3 Å². The molecule has 2 aliphatic heterocycles. The largest absolute Gasteiger partial charge is 0.306 e. The number of hydrogen-bond acceptors (Lipinski definition) is 10. The summed E-state index contributed by atoms with van der Waals surface area (Å²) in [6.07, 6.45) is 44.4. The van der Waals surface area contributed by atoms with Crippen LogP contribution >= 0.6 is 68.9 Å². The number of hydrogen-bond donors (Lipinski definition) is 0. The normalized spacial score (nSPS) is 14.4. The Morgan fingerprint density at radius 3 is 1.17 bits per heavy atom. The van der Waals surface area contributed by atoms with Crippen LogP contribution < -0.4 is 0 Å². The Labute approximate surface area is 619 Å². The summed E-state index contributed by atoms with van der Waals surface area (Å²) in [6, 6.07) is 18.1. The highest BCUT2D eigenvalue weighted by atomic mass is 32.2. The maximum absolute atomic E-state index is 16.4. The van der Waals surface area contributed by atoms with Crippen molar-refractivity contribution < 1.29 is 9.59 Å². The Morgan fingerprint density at radius 1 is 0.429 bits per heavy atom. The molecule has 6 nitrogen and oxygen atoms in total. The third-order valence-electron chi connectivity index (χ3n) is 19.8. The molecule has 6 aromatic rings. The summed E-state index contributed by atoms with van der Waals surface area (Å²) in [7, 11) is 0. The van der Waals surface area contributed by atoms with Gasteiger partial charge in [0.15, 0.2) is 0 Å². The summed E-state index contributed by atoms with van der Waals surface area (Å²) in [6.45, 7) is 37.8. The Kier molecular flexibility index (Phi) is 32.6. The number of rotatable bonds is 47. The molecule has 2 amide bonds. The van der Waals surface area contributed by atoms with Crippen molar-refractivity contribution in [1.29, 1.82) is 0 Å². The first kappa shape index (κ1) is 79.7. The Hall–Kier alpha value is -4.04. The average Bonchev–Trinajstić information content (AvgIpc) is 1.55. The summed E-state index contributed by atoms with van der Waals surface area (Å²) in [5.41, 5.74) is 9.22. The van der Waals surface area contributed by atoms with E-state index >= 15 is 9.59 Å². The van der Waals surface area contributed by atoms with Gasteiger partial charge in [-0.25, -0.2) is 9.97 Å². The van der Waals surface area contributed by atoms with Crippen LogP contribution in [0.15, 0.2) is 86.8 Å². The van der Waals surface area contributed by atoms with Crippen molar-refractivity contribution in [2.45, 2.75) is 326 Å². The maximum Gasteiger partial charge on any atom is 0.261 e. The molecule has 5 aromatic heterocycles. The lowest BCUT2D eigenvalue weighted by molar-refractivity contribution is -0.124. The van der Waals surface area contributed by atoms with Gasteiger partial charge >= 0.3 is 0 Å². The Bertz CT molecular complexity index is 3570. The molecule has 12 heteroatoms. The van der Waals surface area contributed by atoms with Gasteiger partial charge in [0.05, 0.1) is 58.9 Å². The van der Waals surface area contributed by atoms with Gasteiger partial charge in [-0.05, 0) is 117 Å². The van der Waals surface area contributed by atoms with E-state index in [4.69, 9.17) is 9.97 Å². The zero-order chi connectivity index (χ0) is 70.2. The van der Waals surface area contributed by atoms with E-state index in [2.05, 4.69) is 155 Å².